The highest BCUT2D eigenvalue weighted by atomic mass is 16.5. The van der Waals surface area contributed by atoms with Crippen molar-refractivity contribution < 1.29 is 14.3 Å². The number of carbonyl (C=O) groups excluding carboxylic acids is 1. The van der Waals surface area contributed by atoms with Gasteiger partial charge in [-0.05, 0) is 25.7 Å². The minimum absolute atomic E-state index is 0.237. The molecule has 2 rings (SSSR count). The number of hydrogen-bond acceptors (Lipinski definition) is 6. The number of carbonyl (C=O) groups is 1. The lowest BCUT2D eigenvalue weighted by Gasteiger charge is -2.25. The molecule has 8 nitrogen and oxygen atoms in total. The zero-order valence-corrected chi connectivity index (χ0v) is 14.7. The highest BCUT2D eigenvalue weighted by Crippen LogP contribution is 2.35. The zero-order chi connectivity index (χ0) is 18.2. The second-order valence-corrected chi connectivity index (χ2v) is 5.57. The minimum atomic E-state index is -0.563. The summed E-state index contributed by atoms with van der Waals surface area (Å²) in [5.74, 6) is 1.14. The van der Waals surface area contributed by atoms with Gasteiger partial charge in [-0.25, -0.2) is 0 Å². The highest BCUT2D eigenvalue weighted by molar-refractivity contribution is 6.04. The Morgan fingerprint density at radius 2 is 2.16 bits per heavy atom. The van der Waals surface area contributed by atoms with E-state index in [9.17, 15) is 4.79 Å². The molecule has 1 aliphatic rings. The lowest BCUT2D eigenvalue weighted by atomic mass is 10.1. The normalized spacial score (nSPS) is 15.4. The van der Waals surface area contributed by atoms with Crippen molar-refractivity contribution in [2.45, 2.75) is 6.42 Å². The molecule has 1 aromatic carbocycles. The van der Waals surface area contributed by atoms with E-state index in [2.05, 4.69) is 26.9 Å². The fourth-order valence-corrected chi connectivity index (χ4v) is 2.77. The van der Waals surface area contributed by atoms with Gasteiger partial charge in [0.05, 0.1) is 12.8 Å². The Hall–Kier alpha value is -2.61. The number of nitrogens with two attached hydrogens (primary N) is 1. The molecule has 3 N–H and O–H groups in total. The zero-order valence-electron chi connectivity index (χ0n) is 14.7. The van der Waals surface area contributed by atoms with E-state index in [1.807, 2.05) is 0 Å². The summed E-state index contributed by atoms with van der Waals surface area (Å²) in [6.07, 6.45) is 1.03. The lowest BCUT2D eigenvalue weighted by Crippen LogP contribution is -2.35. The van der Waals surface area contributed by atoms with Crippen LogP contribution in [-0.4, -0.2) is 70.3 Å². The Morgan fingerprint density at radius 3 is 2.80 bits per heavy atom. The molecule has 0 spiro atoms. The first-order chi connectivity index (χ1) is 12.1. The van der Waals surface area contributed by atoms with Gasteiger partial charge in [0.1, 0.15) is 5.84 Å². The van der Waals surface area contributed by atoms with Crippen LogP contribution in [0.3, 0.4) is 0 Å². The lowest BCUT2D eigenvalue weighted by molar-refractivity contribution is -0.119. The van der Waals surface area contributed by atoms with Crippen molar-refractivity contribution in [2.24, 2.45) is 15.7 Å². The van der Waals surface area contributed by atoms with Crippen LogP contribution in [0.4, 0.5) is 5.69 Å². The van der Waals surface area contributed by atoms with Crippen molar-refractivity contribution in [3.05, 3.63) is 17.7 Å². The molecule has 25 heavy (non-hydrogen) atoms. The number of benzene rings is 1. The van der Waals surface area contributed by atoms with Gasteiger partial charge in [-0.2, -0.15) is 0 Å². The number of hydrogen-bond donors (Lipinski definition) is 2. The third-order valence-corrected chi connectivity index (χ3v) is 3.91. The molecule has 1 aliphatic heterocycles. The van der Waals surface area contributed by atoms with Crippen LogP contribution in [0.5, 0.6) is 11.5 Å². The summed E-state index contributed by atoms with van der Waals surface area (Å²) >= 11 is 0. The summed E-state index contributed by atoms with van der Waals surface area (Å²) in [6.45, 7) is 7.04. The molecule has 0 atom stereocenters. The predicted octanol–water partition coefficient (Wildman–Crippen LogP) is 0.563. The smallest absolute Gasteiger partial charge is 0.255 e. The maximum absolute atomic E-state index is 11.0. The molecule has 1 heterocycles. The maximum Gasteiger partial charge on any atom is 0.255 e. The molecule has 0 saturated carbocycles. The molecule has 0 bridgehead atoms. The van der Waals surface area contributed by atoms with E-state index >= 15 is 0 Å². The molecule has 0 aliphatic carbocycles. The van der Waals surface area contributed by atoms with E-state index in [0.717, 1.165) is 44.0 Å². The first-order valence-electron chi connectivity index (χ1n) is 8.13. The van der Waals surface area contributed by atoms with Crippen molar-refractivity contribution in [2.75, 3.05) is 46.9 Å². The molecule has 1 aromatic rings. The largest absolute Gasteiger partial charge is 0.493 e. The number of amidine groups is 1. The summed E-state index contributed by atoms with van der Waals surface area (Å²) in [5, 5.41) is 3.37. The van der Waals surface area contributed by atoms with Crippen LogP contribution in [-0.2, 0) is 4.79 Å². The Balaban J connectivity index is 2.40. The number of methoxy groups -OCH3 is 1. The van der Waals surface area contributed by atoms with Crippen LogP contribution in [0.25, 0.3) is 0 Å². The van der Waals surface area contributed by atoms with Gasteiger partial charge in [0.15, 0.2) is 18.1 Å². The van der Waals surface area contributed by atoms with Gasteiger partial charge in [-0.15, -0.1) is 0 Å². The van der Waals surface area contributed by atoms with Gasteiger partial charge >= 0.3 is 0 Å². The van der Waals surface area contributed by atoms with Crippen LogP contribution in [0.2, 0.25) is 0 Å². The van der Waals surface area contributed by atoms with Crippen LogP contribution < -0.4 is 20.5 Å². The first kappa shape index (κ1) is 18.7. The quantitative estimate of drug-likeness (QED) is 0.578. The van der Waals surface area contributed by atoms with Crippen molar-refractivity contribution in [3.63, 3.8) is 0 Å². The predicted molar refractivity (Wildman–Crippen MR) is 98.4 cm³/mol. The fourth-order valence-electron chi connectivity index (χ4n) is 2.77. The molecule has 1 saturated heterocycles. The van der Waals surface area contributed by atoms with Gasteiger partial charge < -0.3 is 25.4 Å². The summed E-state index contributed by atoms with van der Waals surface area (Å²) in [7, 11) is 3.29. The number of primary amides is 1. The highest BCUT2D eigenvalue weighted by Gasteiger charge is 2.20. The van der Waals surface area contributed by atoms with E-state index in [1.165, 1.54) is 7.11 Å². The van der Waals surface area contributed by atoms with E-state index in [0.29, 0.717) is 17.2 Å². The molecule has 0 unspecified atom stereocenters. The van der Waals surface area contributed by atoms with Crippen LogP contribution >= 0.6 is 0 Å². The summed E-state index contributed by atoms with van der Waals surface area (Å²) in [5.41, 5.74) is 6.56. The van der Waals surface area contributed by atoms with E-state index in [1.54, 1.807) is 19.2 Å². The molecule has 8 heteroatoms. The number of aliphatic imine (C=N–C) groups is 2. The molecule has 0 radical (unpaired) electrons. The van der Waals surface area contributed by atoms with Crippen molar-refractivity contribution in [1.82, 2.24) is 10.2 Å². The Bertz CT molecular complexity index is 652. The number of nitrogens with one attached hydrogen (secondary N) is 1. The van der Waals surface area contributed by atoms with Crippen molar-refractivity contribution in [3.8, 4) is 11.5 Å². The molecule has 0 aromatic heterocycles. The third kappa shape index (κ3) is 4.69. The van der Waals surface area contributed by atoms with Gasteiger partial charge in [0, 0.05) is 38.3 Å². The SMILES string of the molecule is C=Nc1cc(OCC(N)=O)c(OC)cc1/C(=N\C)N1CCCNCC1. The summed E-state index contributed by atoms with van der Waals surface area (Å²) in [4.78, 5) is 21.8. The van der Waals surface area contributed by atoms with Gasteiger partial charge in [0.25, 0.3) is 5.91 Å². The van der Waals surface area contributed by atoms with E-state index < -0.39 is 5.91 Å². The Labute approximate surface area is 147 Å². The second kappa shape index (κ2) is 9.03. The van der Waals surface area contributed by atoms with E-state index in [4.69, 9.17) is 15.2 Å². The van der Waals surface area contributed by atoms with E-state index in [-0.39, 0.29) is 6.61 Å². The number of nitrogens with zero attached hydrogens (tertiary/aromatic N) is 3. The molecular weight excluding hydrogens is 322 g/mol. The monoisotopic (exact) mass is 347 g/mol. The standard InChI is InChI=1S/C17H25N5O3/c1-19-13-10-15(25-11-16(18)23)14(24-3)9-12(13)17(20-2)22-7-4-5-21-6-8-22/h9-10,21H,1,4-8,11H2,2-3H3,(H2,18,23)/b20-17+. The van der Waals surface area contributed by atoms with Crippen LogP contribution in [0.15, 0.2) is 22.1 Å². The van der Waals surface area contributed by atoms with Crippen LogP contribution in [0.1, 0.15) is 12.0 Å². The second-order valence-electron chi connectivity index (χ2n) is 5.57. The van der Waals surface area contributed by atoms with Gasteiger partial charge in [0.2, 0.25) is 0 Å². The average molecular weight is 347 g/mol. The fraction of sp³-hybridized carbons (Fsp3) is 0.471. The number of amides is 1. The maximum atomic E-state index is 11.0. The third-order valence-electron chi connectivity index (χ3n) is 3.91. The molecule has 1 amide bonds. The average Bonchev–Trinajstić information content (AvgIpc) is 2.90. The van der Waals surface area contributed by atoms with Gasteiger partial charge in [-0.3, -0.25) is 14.8 Å². The Morgan fingerprint density at radius 1 is 1.36 bits per heavy atom. The van der Waals surface area contributed by atoms with Gasteiger partial charge in [-0.1, -0.05) is 0 Å². The summed E-state index contributed by atoms with van der Waals surface area (Å²) < 4.78 is 10.8. The van der Waals surface area contributed by atoms with Crippen LogP contribution in [0, 0.1) is 0 Å². The number of ether oxygens (including phenoxy) is 2. The summed E-state index contributed by atoms with van der Waals surface area (Å²) in [6, 6.07) is 3.49. The molecular formula is C17H25N5O3. The topological polar surface area (TPSA) is 102 Å². The van der Waals surface area contributed by atoms with Crippen molar-refractivity contribution in [1.29, 1.82) is 0 Å². The first-order valence-corrected chi connectivity index (χ1v) is 8.13. The number of rotatable bonds is 6. The molecule has 1 fully saturated rings. The molecule has 136 valence electrons. The Kier molecular flexibility index (Phi) is 6.76. The van der Waals surface area contributed by atoms with Crippen molar-refractivity contribution >= 4 is 24.1 Å². The minimum Gasteiger partial charge on any atom is -0.493 e.